The van der Waals surface area contributed by atoms with Crippen LogP contribution < -0.4 is 10.6 Å². The van der Waals surface area contributed by atoms with Crippen molar-refractivity contribution in [3.8, 4) is 0 Å². The highest BCUT2D eigenvalue weighted by Gasteiger charge is 2.30. The van der Waals surface area contributed by atoms with Crippen molar-refractivity contribution in [3.63, 3.8) is 0 Å². The minimum atomic E-state index is -1.06. The summed E-state index contributed by atoms with van der Waals surface area (Å²) < 4.78 is 0. The van der Waals surface area contributed by atoms with Crippen LogP contribution in [0.1, 0.15) is 49.5 Å². The first-order valence-electron chi connectivity index (χ1n) is 7.31. The van der Waals surface area contributed by atoms with Gasteiger partial charge in [-0.15, -0.1) is 11.3 Å². The lowest BCUT2D eigenvalue weighted by Crippen LogP contribution is -2.40. The van der Waals surface area contributed by atoms with Gasteiger partial charge in [-0.2, -0.15) is 0 Å². The number of carbonyl (C=O) groups is 3. The Morgan fingerprint density at radius 2 is 2.18 bits per heavy atom. The Morgan fingerprint density at radius 1 is 1.45 bits per heavy atom. The molecule has 1 saturated carbocycles. The molecule has 0 radical (unpaired) electrons. The maximum Gasteiger partial charge on any atom is 0.326 e. The molecule has 1 aromatic heterocycles. The number of thiazole rings is 1. The molecule has 1 heterocycles. The summed E-state index contributed by atoms with van der Waals surface area (Å²) in [6, 6.07) is -0.918. The van der Waals surface area contributed by atoms with Crippen molar-refractivity contribution < 1.29 is 19.5 Å². The highest BCUT2D eigenvalue weighted by molar-refractivity contribution is 7.14. The molecule has 120 valence electrons. The van der Waals surface area contributed by atoms with E-state index in [0.717, 1.165) is 37.0 Å². The third kappa shape index (κ3) is 4.52. The number of hydrogen-bond donors (Lipinski definition) is 3. The maximum absolute atomic E-state index is 12.0. The Morgan fingerprint density at radius 3 is 2.77 bits per heavy atom. The zero-order valence-electron chi connectivity index (χ0n) is 12.3. The van der Waals surface area contributed by atoms with Crippen molar-refractivity contribution in [3.05, 3.63) is 11.1 Å². The van der Waals surface area contributed by atoms with Crippen LogP contribution in [-0.4, -0.2) is 33.9 Å². The number of nitrogens with zero attached hydrogens (tertiary/aromatic N) is 1. The first kappa shape index (κ1) is 16.4. The van der Waals surface area contributed by atoms with E-state index in [1.54, 1.807) is 0 Å². The van der Waals surface area contributed by atoms with Gasteiger partial charge in [-0.3, -0.25) is 9.59 Å². The molecule has 8 heteroatoms. The SMILES string of the molecule is CCCCC(NC(=O)c1csc(NC(=O)C2CC2)n1)C(=O)O. The molecule has 22 heavy (non-hydrogen) atoms. The van der Waals surface area contributed by atoms with Crippen molar-refractivity contribution >= 4 is 34.3 Å². The molecule has 2 amide bonds. The van der Waals surface area contributed by atoms with Crippen LogP contribution in [0.4, 0.5) is 5.13 Å². The molecule has 1 aliphatic rings. The lowest BCUT2D eigenvalue weighted by atomic mass is 10.1. The summed E-state index contributed by atoms with van der Waals surface area (Å²) in [6.45, 7) is 1.95. The minimum Gasteiger partial charge on any atom is -0.480 e. The molecule has 1 unspecified atom stereocenters. The number of aromatic nitrogens is 1. The van der Waals surface area contributed by atoms with Gasteiger partial charge in [0.2, 0.25) is 5.91 Å². The fourth-order valence-electron chi connectivity index (χ4n) is 1.89. The smallest absolute Gasteiger partial charge is 0.326 e. The number of carboxylic acids is 1. The van der Waals surface area contributed by atoms with Gasteiger partial charge in [-0.25, -0.2) is 9.78 Å². The van der Waals surface area contributed by atoms with Gasteiger partial charge < -0.3 is 15.7 Å². The lowest BCUT2D eigenvalue weighted by molar-refractivity contribution is -0.139. The quantitative estimate of drug-likeness (QED) is 0.676. The van der Waals surface area contributed by atoms with Gasteiger partial charge in [0.1, 0.15) is 11.7 Å². The van der Waals surface area contributed by atoms with Gasteiger partial charge >= 0.3 is 5.97 Å². The topological polar surface area (TPSA) is 108 Å². The van der Waals surface area contributed by atoms with Crippen LogP contribution in [0, 0.1) is 5.92 Å². The number of nitrogens with one attached hydrogen (secondary N) is 2. The van der Waals surface area contributed by atoms with Gasteiger partial charge in [0.05, 0.1) is 0 Å². The number of aliphatic carboxylic acids is 1. The molecule has 0 aromatic carbocycles. The molecular formula is C14H19N3O4S. The van der Waals surface area contributed by atoms with E-state index in [-0.39, 0.29) is 17.5 Å². The van der Waals surface area contributed by atoms with Gasteiger partial charge in [-0.1, -0.05) is 19.8 Å². The molecule has 3 N–H and O–H groups in total. The van der Waals surface area contributed by atoms with E-state index in [1.807, 2.05) is 6.92 Å². The lowest BCUT2D eigenvalue weighted by Gasteiger charge is -2.12. The van der Waals surface area contributed by atoms with Crippen LogP contribution in [0.15, 0.2) is 5.38 Å². The van der Waals surface area contributed by atoms with Gasteiger partial charge in [-0.05, 0) is 19.3 Å². The van der Waals surface area contributed by atoms with Crippen molar-refractivity contribution in [2.45, 2.75) is 45.1 Å². The summed E-state index contributed by atoms with van der Waals surface area (Å²) in [5, 5.41) is 16.1. The third-order valence-corrected chi connectivity index (χ3v) is 4.12. The van der Waals surface area contributed by atoms with E-state index >= 15 is 0 Å². The fourth-order valence-corrected chi connectivity index (χ4v) is 2.58. The number of anilines is 1. The average Bonchev–Trinajstić information content (AvgIpc) is 3.23. The zero-order chi connectivity index (χ0) is 16.1. The second-order valence-electron chi connectivity index (χ2n) is 5.31. The van der Waals surface area contributed by atoms with E-state index < -0.39 is 17.9 Å². The van der Waals surface area contributed by atoms with E-state index in [9.17, 15) is 14.4 Å². The van der Waals surface area contributed by atoms with E-state index in [1.165, 1.54) is 5.38 Å². The first-order chi connectivity index (χ1) is 10.5. The van der Waals surface area contributed by atoms with Crippen LogP contribution in [0.2, 0.25) is 0 Å². The van der Waals surface area contributed by atoms with Crippen molar-refractivity contribution in [1.29, 1.82) is 0 Å². The highest BCUT2D eigenvalue weighted by atomic mass is 32.1. The second kappa shape index (κ2) is 7.35. The number of carbonyl (C=O) groups excluding carboxylic acids is 2. The van der Waals surface area contributed by atoms with Crippen LogP contribution >= 0.6 is 11.3 Å². The summed E-state index contributed by atoms with van der Waals surface area (Å²) in [5.74, 6) is -1.61. The molecule has 2 rings (SSSR count). The molecule has 1 fully saturated rings. The van der Waals surface area contributed by atoms with Gasteiger partial charge in [0.15, 0.2) is 5.13 Å². The molecule has 1 aliphatic carbocycles. The van der Waals surface area contributed by atoms with Crippen LogP contribution in [0.5, 0.6) is 0 Å². The van der Waals surface area contributed by atoms with Crippen molar-refractivity contribution in [2.75, 3.05) is 5.32 Å². The fraction of sp³-hybridized carbons (Fsp3) is 0.571. The van der Waals surface area contributed by atoms with E-state index in [2.05, 4.69) is 15.6 Å². The van der Waals surface area contributed by atoms with E-state index in [4.69, 9.17) is 5.11 Å². The van der Waals surface area contributed by atoms with Crippen LogP contribution in [0.25, 0.3) is 0 Å². The Bertz CT molecular complexity index is 568. The zero-order valence-corrected chi connectivity index (χ0v) is 13.1. The standard InChI is InChI=1S/C14H19N3O4S/c1-2-3-4-9(13(20)21)15-12(19)10-7-22-14(16-10)17-11(18)8-5-6-8/h7-9H,2-6H2,1H3,(H,15,19)(H,20,21)(H,16,17,18). The third-order valence-electron chi connectivity index (χ3n) is 3.36. The summed E-state index contributed by atoms with van der Waals surface area (Å²) in [5.41, 5.74) is 0.124. The summed E-state index contributed by atoms with van der Waals surface area (Å²) in [7, 11) is 0. The molecule has 0 spiro atoms. The largest absolute Gasteiger partial charge is 0.480 e. The first-order valence-corrected chi connectivity index (χ1v) is 8.19. The Kier molecular flexibility index (Phi) is 5.48. The average molecular weight is 325 g/mol. The predicted molar refractivity (Wildman–Crippen MR) is 81.9 cm³/mol. The van der Waals surface area contributed by atoms with Crippen molar-refractivity contribution in [2.24, 2.45) is 5.92 Å². The van der Waals surface area contributed by atoms with Crippen LogP contribution in [-0.2, 0) is 9.59 Å². The molecular weight excluding hydrogens is 306 g/mol. The number of carboxylic acid groups (broad SMARTS) is 1. The molecule has 1 aromatic rings. The van der Waals surface area contributed by atoms with E-state index in [0.29, 0.717) is 11.6 Å². The normalized spacial score (nSPS) is 15.1. The Hall–Kier alpha value is -1.96. The monoisotopic (exact) mass is 325 g/mol. The Balaban J connectivity index is 1.92. The van der Waals surface area contributed by atoms with Gasteiger partial charge in [0.25, 0.3) is 5.91 Å². The van der Waals surface area contributed by atoms with Crippen LogP contribution in [0.3, 0.4) is 0 Å². The number of hydrogen-bond acceptors (Lipinski definition) is 5. The number of unbranched alkanes of at least 4 members (excludes halogenated alkanes) is 1. The summed E-state index contributed by atoms with van der Waals surface area (Å²) in [6.07, 6.45) is 3.74. The highest BCUT2D eigenvalue weighted by Crippen LogP contribution is 2.30. The Labute approximate surface area is 132 Å². The summed E-state index contributed by atoms with van der Waals surface area (Å²) in [4.78, 5) is 38.8. The second-order valence-corrected chi connectivity index (χ2v) is 6.17. The summed E-state index contributed by atoms with van der Waals surface area (Å²) >= 11 is 1.15. The predicted octanol–water partition coefficient (Wildman–Crippen LogP) is 1.86. The number of rotatable bonds is 8. The molecule has 0 saturated heterocycles. The molecule has 0 bridgehead atoms. The molecule has 7 nitrogen and oxygen atoms in total. The maximum atomic E-state index is 12.0. The number of amides is 2. The molecule has 0 aliphatic heterocycles. The molecule has 1 atom stereocenters. The van der Waals surface area contributed by atoms with Gasteiger partial charge in [0, 0.05) is 11.3 Å². The van der Waals surface area contributed by atoms with Crippen molar-refractivity contribution in [1.82, 2.24) is 10.3 Å². The minimum absolute atomic E-state index is 0.0617.